The number of nitrogens with two attached hydrogens (primary N) is 1. The van der Waals surface area contributed by atoms with Crippen molar-refractivity contribution in [2.24, 2.45) is 5.92 Å². The van der Waals surface area contributed by atoms with Gasteiger partial charge in [-0.2, -0.15) is 0 Å². The molecule has 8 heterocycles. The minimum absolute atomic E-state index is 0.00711. The van der Waals surface area contributed by atoms with Crippen LogP contribution < -0.4 is 25.6 Å². The number of piperazine rings is 1. The van der Waals surface area contributed by atoms with Gasteiger partial charge in [0.15, 0.2) is 11.6 Å². The SMILES string of the molecule is Cc1ncsc1-c1ccc(CNC(=O)[C@@H]2C[C@@H](O)CN2C(=O)C(c2cc(O[C@H]3CC[C@H](N4CCC(c5cnc(N6C7CCC6CN(c6cc(-c8ccccc8O)nnc6N)C7)nc5)CC4)CC3)no2)C(C)C)cc1. The Morgan fingerprint density at radius 1 is 0.892 bits per heavy atom. The number of amides is 2. The number of ether oxygens (including phenoxy) is 1. The van der Waals surface area contributed by atoms with E-state index in [2.05, 4.69) is 52.7 Å². The van der Waals surface area contributed by atoms with Crippen molar-refractivity contribution in [3.8, 4) is 33.3 Å². The van der Waals surface area contributed by atoms with E-state index in [1.54, 1.807) is 29.5 Å². The monoisotopic (exact) mass is 1020 g/mol. The molecular formula is C55H66N12O6S. The molecule has 0 radical (unpaired) electrons. The molecule has 74 heavy (non-hydrogen) atoms. The summed E-state index contributed by atoms with van der Waals surface area (Å²) in [4.78, 5) is 52.1. The van der Waals surface area contributed by atoms with Crippen LogP contribution in [0, 0.1) is 12.8 Å². The number of benzene rings is 2. The third-order valence-electron chi connectivity index (χ3n) is 16.2. The van der Waals surface area contributed by atoms with Crippen molar-refractivity contribution in [1.82, 2.24) is 45.4 Å². The Bertz CT molecular complexity index is 2900. The Balaban J connectivity index is 0.636. The number of aromatic nitrogens is 6. The molecule has 388 valence electrons. The number of nitrogens with zero attached hydrogens (tertiary/aromatic N) is 10. The second-order valence-electron chi connectivity index (χ2n) is 21.3. The van der Waals surface area contributed by atoms with Crippen LogP contribution in [0.5, 0.6) is 11.6 Å². The van der Waals surface area contributed by atoms with Gasteiger partial charge in [-0.3, -0.25) is 9.59 Å². The number of aliphatic hydroxyl groups is 1. The standard InChI is InChI=1S/C55H66N12O6S/c1-32(2)50(54(71)66-30-41(68)22-46(66)53(70)57-25-34-8-10-36(11-9-34)51-33(3)60-31-74-51)48-24-49(63-73-48)72-42-16-14-38(15-17-42)64-20-18-35(19-21-64)37-26-58-55(59-27-37)67-39-12-13-40(67)29-65(28-39)45-23-44(61-62-52(45)56)43-6-4-5-7-47(43)69/h4-11,23-24,26-27,31-32,35,38-42,46,50,68-69H,12-22,25,28-30H2,1-3H3,(H2,56,62)(H,57,70)/t38-,39?,40?,41-,42-,46+,50?/m1/s1. The molecule has 5 aliphatic rings. The highest BCUT2D eigenvalue weighted by atomic mass is 32.1. The number of nitrogen functional groups attached to an aromatic ring is 1. The van der Waals surface area contributed by atoms with E-state index in [4.69, 9.17) is 25.0 Å². The molecule has 1 saturated carbocycles. The minimum Gasteiger partial charge on any atom is -0.507 e. The first kappa shape index (κ1) is 49.5. The normalized spacial score (nSPS) is 23.9. The summed E-state index contributed by atoms with van der Waals surface area (Å²) in [5.41, 5.74) is 14.5. The van der Waals surface area contributed by atoms with Gasteiger partial charge in [0.2, 0.25) is 17.8 Å². The molecule has 2 amide bonds. The zero-order valence-corrected chi connectivity index (χ0v) is 43.1. The molecule has 11 rings (SSSR count). The number of aromatic hydroxyl groups is 1. The van der Waals surface area contributed by atoms with Gasteiger partial charge < -0.3 is 50.1 Å². The van der Waals surface area contributed by atoms with Crippen LogP contribution in [0.1, 0.15) is 106 Å². The number of carbonyl (C=O) groups excluding carboxylic acids is 2. The number of likely N-dealkylation sites (tertiary alicyclic amines) is 2. The van der Waals surface area contributed by atoms with Crippen molar-refractivity contribution in [1.29, 1.82) is 0 Å². The van der Waals surface area contributed by atoms with Gasteiger partial charge in [0.1, 0.15) is 23.8 Å². The maximum Gasteiger partial charge on any atom is 0.254 e. The predicted octanol–water partition coefficient (Wildman–Crippen LogP) is 7.09. The number of phenolic OH excluding ortho intramolecular Hbond substituents is 1. The first-order valence-corrected chi connectivity index (χ1v) is 27.2. The smallest absolute Gasteiger partial charge is 0.254 e. The van der Waals surface area contributed by atoms with Crippen LogP contribution >= 0.6 is 11.3 Å². The second kappa shape index (κ2) is 21.3. The summed E-state index contributed by atoms with van der Waals surface area (Å²) >= 11 is 1.59. The molecule has 2 bridgehead atoms. The van der Waals surface area contributed by atoms with E-state index in [0.29, 0.717) is 47.2 Å². The van der Waals surface area contributed by atoms with E-state index in [-0.39, 0.29) is 54.6 Å². The van der Waals surface area contributed by atoms with Gasteiger partial charge in [0.25, 0.3) is 5.88 Å². The summed E-state index contributed by atoms with van der Waals surface area (Å²) in [6, 6.07) is 19.0. The first-order valence-electron chi connectivity index (χ1n) is 26.3. The number of fused-ring (bicyclic) bond motifs is 2. The van der Waals surface area contributed by atoms with E-state index in [9.17, 15) is 19.8 Å². The average molecular weight is 1020 g/mol. The maximum atomic E-state index is 14.3. The number of aryl methyl sites for hydroxylation is 1. The average Bonchev–Trinajstić information content (AvgIpc) is 4.22. The Labute approximate surface area is 435 Å². The summed E-state index contributed by atoms with van der Waals surface area (Å²) in [6.07, 6.45) is 11.5. The molecule has 2 aromatic carbocycles. The van der Waals surface area contributed by atoms with Gasteiger partial charge in [0.05, 0.1) is 33.6 Å². The van der Waals surface area contributed by atoms with Gasteiger partial charge in [-0.05, 0) is 123 Å². The van der Waals surface area contributed by atoms with Gasteiger partial charge >= 0.3 is 0 Å². The lowest BCUT2D eigenvalue weighted by Gasteiger charge is -2.42. The van der Waals surface area contributed by atoms with Crippen molar-refractivity contribution < 1.29 is 29.1 Å². The van der Waals surface area contributed by atoms with Crippen LogP contribution in [0.25, 0.3) is 21.7 Å². The number of anilines is 3. The molecule has 0 spiro atoms. The van der Waals surface area contributed by atoms with E-state index in [1.807, 2.05) is 68.7 Å². The summed E-state index contributed by atoms with van der Waals surface area (Å²) in [5, 5.41) is 37.0. The lowest BCUT2D eigenvalue weighted by atomic mass is 9.87. The topological polar surface area (TPSA) is 225 Å². The van der Waals surface area contributed by atoms with Gasteiger partial charge in [-0.25, -0.2) is 15.0 Å². The van der Waals surface area contributed by atoms with Crippen LogP contribution in [0.4, 0.5) is 17.5 Å². The van der Waals surface area contributed by atoms with Crippen LogP contribution in [0.15, 0.2) is 83.1 Å². The highest BCUT2D eigenvalue weighted by Gasteiger charge is 2.44. The second-order valence-corrected chi connectivity index (χ2v) is 22.1. The molecule has 3 unspecified atom stereocenters. The molecule has 5 fully saturated rings. The molecular weight excluding hydrogens is 957 g/mol. The fraction of sp³-hybridized carbons (Fsp3) is 0.491. The number of piperidine rings is 1. The van der Waals surface area contributed by atoms with Crippen molar-refractivity contribution in [2.45, 2.75) is 133 Å². The van der Waals surface area contributed by atoms with Crippen molar-refractivity contribution in [3.05, 3.63) is 101 Å². The number of nitrogens with one attached hydrogen (secondary N) is 1. The van der Waals surface area contributed by atoms with Gasteiger partial charge in [-0.15, -0.1) is 21.5 Å². The molecule has 19 heteroatoms. The molecule has 5 atom stereocenters. The lowest BCUT2D eigenvalue weighted by molar-refractivity contribution is -0.141. The number of thiazole rings is 1. The Hall–Kier alpha value is -6.70. The Morgan fingerprint density at radius 3 is 2.30 bits per heavy atom. The molecule has 4 aromatic heterocycles. The number of carbonyl (C=O) groups is 2. The third kappa shape index (κ3) is 10.2. The number of para-hydroxylation sites is 1. The van der Waals surface area contributed by atoms with Gasteiger partial charge in [-0.1, -0.05) is 50.2 Å². The quantitative estimate of drug-likeness (QED) is 0.0855. The summed E-state index contributed by atoms with van der Waals surface area (Å²) < 4.78 is 12.2. The number of phenols is 1. The molecule has 4 saturated heterocycles. The number of hydrogen-bond donors (Lipinski definition) is 4. The summed E-state index contributed by atoms with van der Waals surface area (Å²) in [7, 11) is 0. The lowest BCUT2D eigenvalue weighted by Crippen LogP contribution is -2.54. The van der Waals surface area contributed by atoms with Crippen LogP contribution in [-0.2, 0) is 16.1 Å². The van der Waals surface area contributed by atoms with Crippen molar-refractivity contribution in [3.63, 3.8) is 0 Å². The summed E-state index contributed by atoms with van der Waals surface area (Å²) in [5.74, 6) is 1.08. The fourth-order valence-corrected chi connectivity index (χ4v) is 13.0. The number of aliphatic hydroxyl groups excluding tert-OH is 1. The van der Waals surface area contributed by atoms with E-state index in [1.165, 1.54) is 10.5 Å². The molecule has 6 aromatic rings. The third-order valence-corrected chi connectivity index (χ3v) is 17.2. The van der Waals surface area contributed by atoms with Crippen molar-refractivity contribution >= 4 is 40.6 Å². The van der Waals surface area contributed by atoms with Crippen LogP contribution in [0.2, 0.25) is 0 Å². The zero-order chi connectivity index (χ0) is 51.0. The van der Waals surface area contributed by atoms with E-state index >= 15 is 0 Å². The number of rotatable bonds is 14. The number of hydrogen-bond acceptors (Lipinski definition) is 17. The molecule has 5 N–H and O–H groups in total. The van der Waals surface area contributed by atoms with Crippen LogP contribution in [0.3, 0.4) is 0 Å². The Morgan fingerprint density at radius 2 is 1.61 bits per heavy atom. The van der Waals surface area contributed by atoms with E-state index in [0.717, 1.165) is 111 Å². The molecule has 18 nitrogen and oxygen atoms in total. The maximum absolute atomic E-state index is 14.3. The fourth-order valence-electron chi connectivity index (χ4n) is 12.2. The van der Waals surface area contributed by atoms with E-state index < -0.39 is 18.1 Å². The minimum atomic E-state index is -0.810. The van der Waals surface area contributed by atoms with Gasteiger partial charge in [0, 0.05) is 74.7 Å². The largest absolute Gasteiger partial charge is 0.507 e. The molecule has 1 aliphatic carbocycles. The Kier molecular flexibility index (Phi) is 14.2. The first-order chi connectivity index (χ1) is 35.9. The zero-order valence-electron chi connectivity index (χ0n) is 42.3. The number of β-amino-alcohol motifs (C(OH)–C–C–N with tert-alkyl or cyclic N) is 1. The predicted molar refractivity (Wildman–Crippen MR) is 282 cm³/mol. The van der Waals surface area contributed by atoms with Crippen LogP contribution in [-0.4, -0.2) is 131 Å². The van der Waals surface area contributed by atoms with Crippen molar-refractivity contribution in [2.75, 3.05) is 48.3 Å². The molecule has 4 aliphatic heterocycles. The summed E-state index contributed by atoms with van der Waals surface area (Å²) in [6.45, 7) is 9.86. The highest BCUT2D eigenvalue weighted by molar-refractivity contribution is 7.13. The highest BCUT2D eigenvalue weighted by Crippen LogP contribution is 2.40.